The van der Waals surface area contributed by atoms with Crippen LogP contribution in [0.1, 0.15) is 12.7 Å². The van der Waals surface area contributed by atoms with E-state index in [-0.39, 0.29) is 17.5 Å². The summed E-state index contributed by atoms with van der Waals surface area (Å²) in [7, 11) is 3.56. The highest BCUT2D eigenvalue weighted by Gasteiger charge is 2.14. The van der Waals surface area contributed by atoms with E-state index in [2.05, 4.69) is 15.5 Å². The van der Waals surface area contributed by atoms with Crippen LogP contribution in [0.3, 0.4) is 0 Å². The first kappa shape index (κ1) is 12.5. The van der Waals surface area contributed by atoms with Crippen molar-refractivity contribution in [3.63, 3.8) is 0 Å². The second-order valence-corrected chi connectivity index (χ2v) is 4.25. The van der Waals surface area contributed by atoms with E-state index in [0.717, 1.165) is 0 Å². The Balaban J connectivity index is 2.30. The maximum atomic E-state index is 11.9. The first-order valence-electron chi connectivity index (χ1n) is 5.77. The Morgan fingerprint density at radius 2 is 2.33 bits per heavy atom. The fourth-order valence-corrected chi connectivity index (χ4v) is 1.58. The van der Waals surface area contributed by atoms with Gasteiger partial charge in [-0.2, -0.15) is 4.98 Å². The molecule has 6 nitrogen and oxygen atoms in total. The quantitative estimate of drug-likeness (QED) is 0.857. The van der Waals surface area contributed by atoms with Crippen LogP contribution in [0.15, 0.2) is 27.6 Å². The van der Waals surface area contributed by atoms with E-state index in [1.165, 1.54) is 4.57 Å². The third kappa shape index (κ3) is 2.48. The number of nitrogens with zero attached hydrogens (tertiary/aromatic N) is 3. The van der Waals surface area contributed by atoms with Crippen molar-refractivity contribution in [2.24, 2.45) is 7.05 Å². The van der Waals surface area contributed by atoms with Gasteiger partial charge in [0.1, 0.15) is 5.56 Å². The number of hydrogen-bond acceptors (Lipinski definition) is 5. The summed E-state index contributed by atoms with van der Waals surface area (Å²) in [5.41, 5.74) is 0.283. The Morgan fingerprint density at radius 1 is 1.56 bits per heavy atom. The molecule has 6 heteroatoms. The molecule has 0 spiro atoms. The number of pyridine rings is 1. The summed E-state index contributed by atoms with van der Waals surface area (Å²) in [5, 5.41) is 6.97. The van der Waals surface area contributed by atoms with Crippen molar-refractivity contribution >= 4 is 0 Å². The van der Waals surface area contributed by atoms with Crippen LogP contribution in [0.2, 0.25) is 0 Å². The van der Waals surface area contributed by atoms with Gasteiger partial charge in [-0.05, 0) is 26.1 Å². The van der Waals surface area contributed by atoms with Crippen molar-refractivity contribution in [2.45, 2.75) is 19.4 Å². The Labute approximate surface area is 105 Å². The summed E-state index contributed by atoms with van der Waals surface area (Å²) in [6.45, 7) is 2.03. The van der Waals surface area contributed by atoms with Crippen molar-refractivity contribution in [1.29, 1.82) is 0 Å². The lowest BCUT2D eigenvalue weighted by Gasteiger charge is -2.04. The van der Waals surface area contributed by atoms with E-state index in [4.69, 9.17) is 4.52 Å². The molecule has 2 heterocycles. The van der Waals surface area contributed by atoms with E-state index in [1.54, 1.807) is 25.4 Å². The Bertz CT molecular complexity index is 588. The summed E-state index contributed by atoms with van der Waals surface area (Å²) < 4.78 is 6.61. The first-order valence-corrected chi connectivity index (χ1v) is 5.77. The van der Waals surface area contributed by atoms with Gasteiger partial charge in [-0.3, -0.25) is 4.79 Å². The first-order chi connectivity index (χ1) is 8.61. The average molecular weight is 248 g/mol. The number of aryl methyl sites for hydroxylation is 1. The van der Waals surface area contributed by atoms with E-state index in [1.807, 2.05) is 14.0 Å². The summed E-state index contributed by atoms with van der Waals surface area (Å²) in [4.78, 5) is 16.1. The van der Waals surface area contributed by atoms with Crippen molar-refractivity contribution in [2.75, 3.05) is 7.05 Å². The van der Waals surface area contributed by atoms with Gasteiger partial charge >= 0.3 is 0 Å². The van der Waals surface area contributed by atoms with Gasteiger partial charge in [-0.25, -0.2) is 0 Å². The largest absolute Gasteiger partial charge is 0.334 e. The van der Waals surface area contributed by atoms with Gasteiger partial charge < -0.3 is 14.4 Å². The highest BCUT2D eigenvalue weighted by molar-refractivity contribution is 5.50. The van der Waals surface area contributed by atoms with E-state index >= 15 is 0 Å². The zero-order valence-corrected chi connectivity index (χ0v) is 10.7. The molecule has 0 saturated heterocycles. The number of nitrogens with one attached hydrogen (secondary N) is 1. The number of aromatic nitrogens is 3. The van der Waals surface area contributed by atoms with Crippen molar-refractivity contribution in [3.05, 3.63) is 34.5 Å². The fourth-order valence-electron chi connectivity index (χ4n) is 1.58. The molecule has 0 aromatic carbocycles. The number of hydrogen-bond donors (Lipinski definition) is 1. The maximum absolute atomic E-state index is 11.9. The highest BCUT2D eigenvalue weighted by Crippen LogP contribution is 2.12. The predicted octanol–water partition coefficient (Wildman–Crippen LogP) is 0.586. The molecule has 0 aliphatic rings. The average Bonchev–Trinajstić information content (AvgIpc) is 2.80. The molecule has 0 bridgehead atoms. The van der Waals surface area contributed by atoms with Crippen LogP contribution in [0.5, 0.6) is 0 Å². The predicted molar refractivity (Wildman–Crippen MR) is 67.2 cm³/mol. The third-order valence-electron chi connectivity index (χ3n) is 2.80. The van der Waals surface area contributed by atoms with E-state index < -0.39 is 0 Å². The minimum atomic E-state index is -0.144. The summed E-state index contributed by atoms with van der Waals surface area (Å²) in [6.07, 6.45) is 2.35. The molecule has 0 radical (unpaired) electrons. The SMILES string of the molecule is CNC(C)Cc1noc(-c2cccn(C)c2=O)n1. The Kier molecular flexibility index (Phi) is 3.57. The minimum Gasteiger partial charge on any atom is -0.334 e. The maximum Gasteiger partial charge on any atom is 0.263 e. The van der Waals surface area contributed by atoms with Gasteiger partial charge in [-0.15, -0.1) is 0 Å². The van der Waals surface area contributed by atoms with Crippen molar-refractivity contribution in [1.82, 2.24) is 20.0 Å². The molecular weight excluding hydrogens is 232 g/mol. The van der Waals surface area contributed by atoms with Crippen molar-refractivity contribution in [3.8, 4) is 11.5 Å². The lowest BCUT2D eigenvalue weighted by Crippen LogP contribution is -2.24. The lowest BCUT2D eigenvalue weighted by molar-refractivity contribution is 0.417. The van der Waals surface area contributed by atoms with Crippen LogP contribution in [0, 0.1) is 0 Å². The molecule has 0 aliphatic carbocycles. The van der Waals surface area contributed by atoms with Crippen LogP contribution in [-0.4, -0.2) is 27.8 Å². The summed E-state index contributed by atoms with van der Waals surface area (Å²) in [5.74, 6) is 0.868. The number of likely N-dealkylation sites (N-methyl/N-ethyl adjacent to an activating group) is 1. The molecule has 0 saturated carbocycles. The molecule has 0 fully saturated rings. The Morgan fingerprint density at radius 3 is 3.06 bits per heavy atom. The molecule has 2 aromatic heterocycles. The molecule has 96 valence electrons. The molecule has 0 amide bonds. The van der Waals surface area contributed by atoms with Gasteiger partial charge in [0.25, 0.3) is 11.4 Å². The van der Waals surface area contributed by atoms with Crippen LogP contribution >= 0.6 is 0 Å². The normalized spacial score (nSPS) is 12.6. The van der Waals surface area contributed by atoms with Crippen molar-refractivity contribution < 1.29 is 4.52 Å². The standard InChI is InChI=1S/C12H16N4O2/c1-8(13-2)7-10-14-11(18-15-10)9-5-4-6-16(3)12(9)17/h4-6,8,13H,7H2,1-3H3. The molecule has 2 rings (SSSR count). The van der Waals surface area contributed by atoms with Gasteiger partial charge in [0.05, 0.1) is 0 Å². The fraction of sp³-hybridized carbons (Fsp3) is 0.417. The lowest BCUT2D eigenvalue weighted by atomic mass is 10.2. The number of rotatable bonds is 4. The monoisotopic (exact) mass is 248 g/mol. The molecule has 0 aliphatic heterocycles. The van der Waals surface area contributed by atoms with Gasteiger partial charge in [0, 0.05) is 25.7 Å². The van der Waals surface area contributed by atoms with Gasteiger partial charge in [0.2, 0.25) is 0 Å². The summed E-state index contributed by atoms with van der Waals surface area (Å²) >= 11 is 0. The molecule has 18 heavy (non-hydrogen) atoms. The van der Waals surface area contributed by atoms with Gasteiger partial charge in [-0.1, -0.05) is 5.16 Å². The highest BCUT2D eigenvalue weighted by atomic mass is 16.5. The molecule has 2 aromatic rings. The second kappa shape index (κ2) is 5.14. The smallest absolute Gasteiger partial charge is 0.263 e. The van der Waals surface area contributed by atoms with Crippen LogP contribution in [0.4, 0.5) is 0 Å². The van der Waals surface area contributed by atoms with E-state index in [9.17, 15) is 4.79 Å². The third-order valence-corrected chi connectivity index (χ3v) is 2.80. The second-order valence-electron chi connectivity index (χ2n) is 4.25. The molecule has 1 atom stereocenters. The molecule has 1 unspecified atom stereocenters. The molecular formula is C12H16N4O2. The topological polar surface area (TPSA) is 73.0 Å². The summed E-state index contributed by atoms with van der Waals surface area (Å²) in [6, 6.07) is 3.71. The zero-order valence-electron chi connectivity index (χ0n) is 10.7. The van der Waals surface area contributed by atoms with Crippen LogP contribution in [0.25, 0.3) is 11.5 Å². The Hall–Kier alpha value is -1.95. The molecule has 1 N–H and O–H groups in total. The van der Waals surface area contributed by atoms with Crippen LogP contribution in [-0.2, 0) is 13.5 Å². The minimum absolute atomic E-state index is 0.144. The van der Waals surface area contributed by atoms with Crippen LogP contribution < -0.4 is 10.9 Å². The van der Waals surface area contributed by atoms with Gasteiger partial charge in [0.15, 0.2) is 5.82 Å². The van der Waals surface area contributed by atoms with E-state index in [0.29, 0.717) is 17.8 Å². The zero-order chi connectivity index (χ0) is 13.1.